The Hall–Kier alpha value is -12.6. The summed E-state index contributed by atoms with van der Waals surface area (Å²) in [6.07, 6.45) is 16.3. The van der Waals surface area contributed by atoms with Crippen molar-refractivity contribution in [2.24, 2.45) is 20.0 Å². The summed E-state index contributed by atoms with van der Waals surface area (Å²) in [5.74, 6) is -4.42. The molecular formula is C76H51F3N4O13S. The fourth-order valence-corrected chi connectivity index (χ4v) is 12.0. The molecule has 5 aliphatic rings. The van der Waals surface area contributed by atoms with Gasteiger partial charge in [0.2, 0.25) is 11.9 Å². The van der Waals surface area contributed by atoms with Crippen LogP contribution >= 0.6 is 0 Å². The van der Waals surface area contributed by atoms with Crippen LogP contribution in [0.4, 0.5) is 13.2 Å². The normalized spacial score (nSPS) is 13.9. The molecule has 0 radical (unpaired) electrons. The van der Waals surface area contributed by atoms with Gasteiger partial charge in [0.25, 0.3) is 0 Å². The highest BCUT2D eigenvalue weighted by atomic mass is 32.2. The molecule has 0 bridgehead atoms. The van der Waals surface area contributed by atoms with Gasteiger partial charge in [-0.15, -0.1) is 0 Å². The third kappa shape index (κ3) is 14.8. The van der Waals surface area contributed by atoms with Gasteiger partial charge in [-0.1, -0.05) is 103 Å². The highest BCUT2D eigenvalue weighted by molar-refractivity contribution is 7.85. The zero-order valence-electron chi connectivity index (χ0n) is 50.6. The van der Waals surface area contributed by atoms with Crippen molar-refractivity contribution in [2.75, 3.05) is 26.2 Å². The standard InChI is InChI=1S/C23H15NO3.C19H12FNO4.C17H11F2NO3.C17H13NO3S/c25-23(26)20-12-15(18-8-9-24-13-18)6-7-21(20)27-19-10-16-3-1-2-14-4-5-17(11-19)22(14)16;20-18-14(5-7-21-18)12-2-4-16(15(9-12)19(22)23)25-13-3-1-11-6-8-24-17(11)10-13;18-11-2-1-3-12(9-11)23-15-5-4-10(8-14(15)17(21)22)13-6-7-20-16(13)19;19-17(20)15-10-12(13-8-9-18-11-13)6-7-16(15)22(21)14-4-2-1-3-5-14/h1-8,10-13H,9H2,(H,25,26);1-6,8-10H,7H2,(H,22,23);1-6,8-9H,7H2,(H,21,22);1-8,10-11H,9H2,(H,19,20). The van der Waals surface area contributed by atoms with Crippen LogP contribution in [-0.2, 0) is 10.8 Å². The number of hydrogen-bond acceptors (Lipinski definition) is 13. The number of carbonyl (C=O) groups is 4. The molecular weight excluding hydrogens is 1270 g/mol. The van der Waals surface area contributed by atoms with E-state index in [0.717, 1.165) is 44.7 Å². The van der Waals surface area contributed by atoms with Crippen molar-refractivity contribution in [2.45, 2.75) is 9.79 Å². The molecule has 1 atom stereocenters. The Kier molecular flexibility index (Phi) is 19.1. The lowest BCUT2D eigenvalue weighted by Crippen LogP contribution is -2.06. The van der Waals surface area contributed by atoms with E-state index in [4.69, 9.17) is 18.6 Å². The molecule has 4 aliphatic heterocycles. The molecule has 15 rings (SSSR count). The lowest BCUT2D eigenvalue weighted by Gasteiger charge is -2.12. The van der Waals surface area contributed by atoms with Gasteiger partial charge in [-0.2, -0.15) is 8.78 Å². The first-order valence-corrected chi connectivity index (χ1v) is 30.9. The maximum Gasteiger partial charge on any atom is 0.339 e. The first-order valence-electron chi connectivity index (χ1n) is 29.7. The molecule has 1 aliphatic carbocycles. The second kappa shape index (κ2) is 28.7. The number of benzene rings is 9. The summed E-state index contributed by atoms with van der Waals surface area (Å²) in [4.78, 5) is 62.7. The Labute approximate surface area is 552 Å². The first kappa shape index (κ1) is 64.5. The Morgan fingerprint density at radius 1 is 0.443 bits per heavy atom. The van der Waals surface area contributed by atoms with E-state index in [9.17, 15) is 57.0 Å². The monoisotopic (exact) mass is 1320 g/mol. The van der Waals surface area contributed by atoms with Gasteiger partial charge in [-0.05, 0) is 158 Å². The average Bonchev–Trinajstić information content (AvgIpc) is 1.70. The van der Waals surface area contributed by atoms with Crippen LogP contribution in [-0.4, -0.2) is 99.1 Å². The summed E-state index contributed by atoms with van der Waals surface area (Å²) in [6.45, 7) is 1.72. The van der Waals surface area contributed by atoms with E-state index in [1.54, 1.807) is 104 Å². The minimum Gasteiger partial charge on any atom is -0.478 e. The number of nitrogens with zero attached hydrogens (tertiary/aromatic N) is 4. The van der Waals surface area contributed by atoms with E-state index >= 15 is 0 Å². The van der Waals surface area contributed by atoms with Crippen LogP contribution in [0.5, 0.6) is 34.5 Å². The van der Waals surface area contributed by atoms with Crippen LogP contribution in [0, 0.1) is 5.82 Å². The van der Waals surface area contributed by atoms with Crippen LogP contribution in [0.15, 0.2) is 247 Å². The summed E-state index contributed by atoms with van der Waals surface area (Å²) in [6, 6.07) is 50.2. The number of furan rings is 1. The van der Waals surface area contributed by atoms with Crippen molar-refractivity contribution < 1.29 is 75.6 Å². The summed E-state index contributed by atoms with van der Waals surface area (Å²) in [5, 5.41) is 41.1. The van der Waals surface area contributed by atoms with E-state index < -0.39 is 52.4 Å². The highest BCUT2D eigenvalue weighted by Gasteiger charge is 2.24. The molecule has 9 aromatic carbocycles. The van der Waals surface area contributed by atoms with Gasteiger partial charge >= 0.3 is 23.9 Å². The summed E-state index contributed by atoms with van der Waals surface area (Å²) >= 11 is 0. The molecule has 21 heteroatoms. The number of aromatic carboxylic acids is 4. The van der Waals surface area contributed by atoms with Crippen LogP contribution < -0.4 is 14.2 Å². The quantitative estimate of drug-likeness (QED) is 0.0703. The number of halogens is 3. The zero-order chi connectivity index (χ0) is 67.7. The number of rotatable bonds is 16. The van der Waals surface area contributed by atoms with Gasteiger partial charge in [0.1, 0.15) is 62.6 Å². The topological polar surface area (TPSA) is 257 Å². The third-order valence-corrected chi connectivity index (χ3v) is 16.9. The van der Waals surface area contributed by atoms with Crippen molar-refractivity contribution in [3.8, 4) is 34.5 Å². The minimum atomic E-state index is -1.52. The fourth-order valence-electron chi connectivity index (χ4n) is 10.8. The summed E-state index contributed by atoms with van der Waals surface area (Å²) < 4.78 is 75.5. The Bertz CT molecular complexity index is 5180. The molecule has 0 fully saturated rings. The molecule has 0 saturated carbocycles. The van der Waals surface area contributed by atoms with Crippen molar-refractivity contribution in [3.05, 3.63) is 274 Å². The largest absolute Gasteiger partial charge is 0.478 e. The van der Waals surface area contributed by atoms with Crippen LogP contribution in [0.25, 0.3) is 56.2 Å². The van der Waals surface area contributed by atoms with Crippen molar-refractivity contribution >= 4 is 115 Å². The highest BCUT2D eigenvalue weighted by Crippen LogP contribution is 2.39. The molecule has 480 valence electrons. The lowest BCUT2D eigenvalue weighted by molar-refractivity contribution is 0.0682. The zero-order valence-corrected chi connectivity index (χ0v) is 51.5. The van der Waals surface area contributed by atoms with E-state index in [1.807, 2.05) is 60.7 Å². The molecule has 0 amide bonds. The SMILES string of the molecule is O=C(O)c1cc(C2=CCN=C2)ccc1Oc1cc2c3c(cccc3c1)C=C2.O=C(O)c1cc(C2=CCN=C2)ccc1S(=O)c1ccccc1.O=C(O)c1cc(C2=CCN=C2F)ccc1Oc1ccc2ccoc2c1.O=C(O)c1cc(C2=CCN=C2F)ccc1Oc1cccc(F)c1. The Morgan fingerprint density at radius 3 is 1.52 bits per heavy atom. The molecule has 5 heterocycles. The third-order valence-electron chi connectivity index (χ3n) is 15.4. The first-order chi connectivity index (χ1) is 47.0. The molecule has 0 spiro atoms. The molecule has 10 aromatic rings. The molecule has 0 saturated heterocycles. The average molecular weight is 1320 g/mol. The van der Waals surface area contributed by atoms with E-state index in [-0.39, 0.29) is 58.2 Å². The fraction of sp³-hybridized carbons (Fsp3) is 0.0526. The number of hydrogen-bond donors (Lipinski definition) is 4. The molecule has 4 N–H and O–H groups in total. The number of carboxylic acid groups (broad SMARTS) is 4. The second-order valence-corrected chi connectivity index (χ2v) is 23.1. The maximum atomic E-state index is 13.7. The minimum absolute atomic E-state index is 0.0443. The Balaban J connectivity index is 0.000000124. The number of allylic oxidation sites excluding steroid dienone is 4. The molecule has 1 aromatic heterocycles. The van der Waals surface area contributed by atoms with Gasteiger partial charge in [-0.3, -0.25) is 20.0 Å². The van der Waals surface area contributed by atoms with Gasteiger partial charge in [-0.25, -0.2) is 27.8 Å². The van der Waals surface area contributed by atoms with Crippen molar-refractivity contribution in [1.82, 2.24) is 0 Å². The van der Waals surface area contributed by atoms with Crippen LogP contribution in [0.2, 0.25) is 0 Å². The van der Waals surface area contributed by atoms with Crippen LogP contribution in [0.1, 0.15) is 74.8 Å². The number of aliphatic imine (C=N–C) groups is 4. The number of fused-ring (bicyclic) bond motifs is 1. The van der Waals surface area contributed by atoms with Gasteiger partial charge in [0.15, 0.2) is 0 Å². The molecule has 97 heavy (non-hydrogen) atoms. The Morgan fingerprint density at radius 2 is 0.969 bits per heavy atom. The maximum absolute atomic E-state index is 13.7. The molecule has 17 nitrogen and oxygen atoms in total. The second-order valence-electron chi connectivity index (χ2n) is 21.6. The van der Waals surface area contributed by atoms with Crippen LogP contribution in [0.3, 0.4) is 0 Å². The number of ether oxygens (including phenoxy) is 3. The van der Waals surface area contributed by atoms with Gasteiger partial charge in [0.05, 0.1) is 53.7 Å². The van der Waals surface area contributed by atoms with Gasteiger partial charge < -0.3 is 39.1 Å². The van der Waals surface area contributed by atoms with Gasteiger partial charge in [0, 0.05) is 46.0 Å². The van der Waals surface area contributed by atoms with E-state index in [2.05, 4.69) is 38.2 Å². The summed E-state index contributed by atoms with van der Waals surface area (Å²) in [7, 11) is -1.52. The molecule has 1 unspecified atom stereocenters. The number of carboxylic acids is 4. The van der Waals surface area contributed by atoms with E-state index in [1.165, 1.54) is 59.5 Å². The smallest absolute Gasteiger partial charge is 0.339 e. The predicted octanol–water partition coefficient (Wildman–Crippen LogP) is 17.1. The van der Waals surface area contributed by atoms with Crippen molar-refractivity contribution in [1.29, 1.82) is 0 Å². The van der Waals surface area contributed by atoms with Crippen molar-refractivity contribution in [3.63, 3.8) is 0 Å². The van der Waals surface area contributed by atoms with E-state index in [0.29, 0.717) is 62.4 Å². The predicted molar refractivity (Wildman–Crippen MR) is 366 cm³/mol. The summed E-state index contributed by atoms with van der Waals surface area (Å²) in [5.41, 5.74) is 7.71. The lowest BCUT2D eigenvalue weighted by atomic mass is 10.0.